The molecule has 0 aromatic rings. The fourth-order valence-corrected chi connectivity index (χ4v) is 0.596. The highest BCUT2D eigenvalue weighted by molar-refractivity contribution is 6.19. The van der Waals surface area contributed by atoms with Gasteiger partial charge in [-0.15, -0.1) is 11.6 Å². The molecule has 0 aliphatic heterocycles. The molecule has 0 bridgehead atoms. The molecule has 0 aliphatic rings. The van der Waals surface area contributed by atoms with Crippen molar-refractivity contribution in [2.24, 2.45) is 0 Å². The lowest BCUT2D eigenvalue weighted by atomic mass is 10.5. The molecule has 4 heteroatoms. The van der Waals surface area contributed by atoms with E-state index in [9.17, 15) is 4.79 Å². The molecule has 0 atom stereocenters. The normalized spacial score (nSPS) is 11.2. The molecule has 0 radical (unpaired) electrons. The Morgan fingerprint density at radius 2 is 2.40 bits per heavy atom. The summed E-state index contributed by atoms with van der Waals surface area (Å²) in [6.07, 6.45) is 0.955. The van der Waals surface area contributed by atoms with E-state index in [-0.39, 0.29) is 11.6 Å². The third kappa shape index (κ3) is 4.21. The topological polar surface area (TPSA) is 46.5 Å². The highest BCUT2D eigenvalue weighted by Crippen LogP contribution is 1.98. The van der Waals surface area contributed by atoms with Gasteiger partial charge in [-0.3, -0.25) is 0 Å². The van der Waals surface area contributed by atoms with Crippen molar-refractivity contribution in [1.29, 1.82) is 0 Å². The second kappa shape index (κ2) is 5.11. The Balaban J connectivity index is 3.91. The van der Waals surface area contributed by atoms with E-state index in [0.717, 1.165) is 6.08 Å². The van der Waals surface area contributed by atoms with Gasteiger partial charge in [0, 0.05) is 0 Å². The summed E-state index contributed by atoms with van der Waals surface area (Å²) in [5, 5.41) is 8.23. The summed E-state index contributed by atoms with van der Waals surface area (Å²) < 4.78 is 4.85. The van der Waals surface area contributed by atoms with Gasteiger partial charge in [-0.25, -0.2) is 4.79 Å². The molecule has 3 nitrogen and oxygen atoms in total. The summed E-state index contributed by atoms with van der Waals surface area (Å²) in [6.45, 7) is 2.20. The average molecular weight is 165 g/mol. The molecular weight excluding hydrogens is 156 g/mol. The SMILES string of the molecule is CCOC(=CC(=O)O)CCl. The van der Waals surface area contributed by atoms with E-state index in [1.807, 2.05) is 0 Å². The van der Waals surface area contributed by atoms with Crippen molar-refractivity contribution in [3.05, 3.63) is 11.8 Å². The minimum absolute atomic E-state index is 0.0974. The number of carboxylic acid groups (broad SMARTS) is 1. The molecule has 0 saturated heterocycles. The highest BCUT2D eigenvalue weighted by Gasteiger charge is 1.97. The van der Waals surface area contributed by atoms with E-state index < -0.39 is 5.97 Å². The Morgan fingerprint density at radius 3 is 2.70 bits per heavy atom. The first-order chi connectivity index (χ1) is 4.70. The summed E-state index contributed by atoms with van der Waals surface area (Å²) in [5.74, 6) is -0.652. The van der Waals surface area contributed by atoms with Gasteiger partial charge in [0.1, 0.15) is 5.76 Å². The van der Waals surface area contributed by atoms with Crippen LogP contribution in [-0.2, 0) is 9.53 Å². The molecular formula is C6H9ClO3. The Morgan fingerprint density at radius 1 is 1.80 bits per heavy atom. The zero-order chi connectivity index (χ0) is 7.98. The monoisotopic (exact) mass is 164 g/mol. The minimum atomic E-state index is -1.04. The first-order valence-electron chi connectivity index (χ1n) is 2.83. The van der Waals surface area contributed by atoms with Crippen LogP contribution in [0.25, 0.3) is 0 Å². The maximum atomic E-state index is 10.0. The van der Waals surface area contributed by atoms with Gasteiger partial charge in [0.05, 0.1) is 18.6 Å². The maximum absolute atomic E-state index is 10.0. The van der Waals surface area contributed by atoms with Crippen LogP contribution in [0.15, 0.2) is 11.8 Å². The molecule has 0 heterocycles. The number of hydrogen-bond donors (Lipinski definition) is 1. The lowest BCUT2D eigenvalue weighted by Crippen LogP contribution is -1.98. The van der Waals surface area contributed by atoms with Crippen molar-refractivity contribution in [3.8, 4) is 0 Å². The van der Waals surface area contributed by atoms with E-state index >= 15 is 0 Å². The standard InChI is InChI=1S/C6H9ClO3/c1-2-10-5(4-7)3-6(8)9/h3H,2,4H2,1H3,(H,8,9). The van der Waals surface area contributed by atoms with Crippen molar-refractivity contribution in [2.75, 3.05) is 12.5 Å². The minimum Gasteiger partial charge on any atom is -0.497 e. The zero-order valence-corrected chi connectivity index (χ0v) is 6.39. The van der Waals surface area contributed by atoms with Crippen molar-refractivity contribution in [3.63, 3.8) is 0 Å². The molecule has 0 aromatic carbocycles. The van der Waals surface area contributed by atoms with Crippen LogP contribution in [0.2, 0.25) is 0 Å². The number of allylic oxidation sites excluding steroid dienone is 1. The molecule has 0 rings (SSSR count). The van der Waals surface area contributed by atoms with Crippen LogP contribution in [0.1, 0.15) is 6.92 Å². The quantitative estimate of drug-likeness (QED) is 0.386. The van der Waals surface area contributed by atoms with Crippen LogP contribution in [0.4, 0.5) is 0 Å². The number of rotatable bonds is 4. The van der Waals surface area contributed by atoms with E-state index in [0.29, 0.717) is 6.61 Å². The first-order valence-corrected chi connectivity index (χ1v) is 3.36. The largest absolute Gasteiger partial charge is 0.497 e. The van der Waals surface area contributed by atoms with Gasteiger partial charge in [-0.2, -0.15) is 0 Å². The fraction of sp³-hybridized carbons (Fsp3) is 0.500. The number of aliphatic carboxylic acids is 1. The van der Waals surface area contributed by atoms with E-state index in [4.69, 9.17) is 21.4 Å². The Hall–Kier alpha value is -0.700. The van der Waals surface area contributed by atoms with Gasteiger partial charge in [-0.05, 0) is 6.92 Å². The van der Waals surface area contributed by atoms with E-state index in [2.05, 4.69) is 0 Å². The molecule has 0 unspecified atom stereocenters. The molecule has 10 heavy (non-hydrogen) atoms. The third-order valence-electron chi connectivity index (χ3n) is 0.746. The number of alkyl halides is 1. The van der Waals surface area contributed by atoms with E-state index in [1.165, 1.54) is 0 Å². The first kappa shape index (κ1) is 9.30. The summed E-state index contributed by atoms with van der Waals surface area (Å²) in [7, 11) is 0. The van der Waals surface area contributed by atoms with Gasteiger partial charge in [0.15, 0.2) is 0 Å². The van der Waals surface area contributed by atoms with E-state index in [1.54, 1.807) is 6.92 Å². The van der Waals surface area contributed by atoms with Crippen LogP contribution < -0.4 is 0 Å². The lowest BCUT2D eigenvalue weighted by molar-refractivity contribution is -0.131. The highest BCUT2D eigenvalue weighted by atomic mass is 35.5. The fourth-order valence-electron chi connectivity index (χ4n) is 0.442. The second-order valence-corrected chi connectivity index (χ2v) is 1.78. The van der Waals surface area contributed by atoms with Gasteiger partial charge < -0.3 is 9.84 Å². The number of carbonyl (C=O) groups is 1. The molecule has 0 aromatic heterocycles. The van der Waals surface area contributed by atoms with Crippen molar-refractivity contribution >= 4 is 17.6 Å². The molecule has 0 fully saturated rings. The predicted octanol–water partition coefficient (Wildman–Crippen LogP) is 1.23. The summed E-state index contributed by atoms with van der Waals surface area (Å²) in [5.41, 5.74) is 0. The van der Waals surface area contributed by atoms with Gasteiger partial charge in [0.2, 0.25) is 0 Å². The number of hydrogen-bond acceptors (Lipinski definition) is 2. The maximum Gasteiger partial charge on any atom is 0.331 e. The average Bonchev–Trinajstić information content (AvgIpc) is 1.86. The molecule has 0 saturated carbocycles. The van der Waals surface area contributed by atoms with Crippen LogP contribution in [0.3, 0.4) is 0 Å². The smallest absolute Gasteiger partial charge is 0.331 e. The third-order valence-corrected chi connectivity index (χ3v) is 1.01. The number of halogens is 1. The molecule has 1 N–H and O–H groups in total. The Labute approximate surface area is 64.2 Å². The van der Waals surface area contributed by atoms with Crippen LogP contribution in [0.5, 0.6) is 0 Å². The summed E-state index contributed by atoms with van der Waals surface area (Å²) >= 11 is 5.33. The molecule has 0 amide bonds. The molecule has 0 spiro atoms. The summed E-state index contributed by atoms with van der Waals surface area (Å²) in [4.78, 5) is 10.0. The van der Waals surface area contributed by atoms with Crippen molar-refractivity contribution < 1.29 is 14.6 Å². The predicted molar refractivity (Wildman–Crippen MR) is 38.1 cm³/mol. The van der Waals surface area contributed by atoms with Gasteiger partial charge in [0.25, 0.3) is 0 Å². The Kier molecular flexibility index (Phi) is 4.76. The molecule has 58 valence electrons. The van der Waals surface area contributed by atoms with Crippen molar-refractivity contribution in [1.82, 2.24) is 0 Å². The summed E-state index contributed by atoms with van der Waals surface area (Å²) in [6, 6.07) is 0. The lowest BCUT2D eigenvalue weighted by Gasteiger charge is -2.01. The number of ether oxygens (including phenoxy) is 1. The molecule has 0 aliphatic carbocycles. The zero-order valence-electron chi connectivity index (χ0n) is 5.63. The van der Waals surface area contributed by atoms with Gasteiger partial charge >= 0.3 is 5.97 Å². The van der Waals surface area contributed by atoms with Crippen LogP contribution in [0, 0.1) is 0 Å². The van der Waals surface area contributed by atoms with Crippen LogP contribution >= 0.6 is 11.6 Å². The number of carboxylic acids is 1. The van der Waals surface area contributed by atoms with Gasteiger partial charge in [-0.1, -0.05) is 0 Å². The van der Waals surface area contributed by atoms with Crippen LogP contribution in [-0.4, -0.2) is 23.6 Å². The van der Waals surface area contributed by atoms with Crippen molar-refractivity contribution in [2.45, 2.75) is 6.92 Å². The second-order valence-electron chi connectivity index (χ2n) is 1.52. The Bertz CT molecular complexity index is 142.